The molecule has 6 rings (SSSR count). The molecule has 1 fully saturated rings. The van der Waals surface area contributed by atoms with E-state index in [1.54, 1.807) is 22.4 Å². The summed E-state index contributed by atoms with van der Waals surface area (Å²) < 4.78 is 1.16. The number of amides is 1. The number of H-pyrrole nitrogens is 1. The number of thiazole rings is 1. The van der Waals surface area contributed by atoms with E-state index in [0.717, 1.165) is 57.7 Å². The van der Waals surface area contributed by atoms with Crippen LogP contribution < -0.4 is 5.32 Å². The number of benzene rings is 1. The van der Waals surface area contributed by atoms with Gasteiger partial charge in [-0.1, -0.05) is 39.7 Å². The number of carbonyl (C=O) groups excluding carboxylic acids is 1. The fourth-order valence-electron chi connectivity index (χ4n) is 5.39. The van der Waals surface area contributed by atoms with Crippen LogP contribution in [0.5, 0.6) is 0 Å². The third kappa shape index (κ3) is 7.25. The number of fused-ring (bicyclic) bond motifs is 2. The minimum Gasteiger partial charge on any atom is -0.355 e. The Balaban J connectivity index is 0.000000217. The van der Waals surface area contributed by atoms with Crippen molar-refractivity contribution >= 4 is 55.9 Å². The van der Waals surface area contributed by atoms with Crippen molar-refractivity contribution in [2.75, 3.05) is 38.0 Å². The maximum atomic E-state index is 10.9. The molecule has 39 heavy (non-hydrogen) atoms. The Morgan fingerprint density at radius 2 is 1.87 bits per heavy atom. The minimum atomic E-state index is 0.477. The normalized spacial score (nSPS) is 16.9. The summed E-state index contributed by atoms with van der Waals surface area (Å²) in [7, 11) is 0. The second kappa shape index (κ2) is 12.3. The van der Waals surface area contributed by atoms with E-state index in [0.29, 0.717) is 12.0 Å². The van der Waals surface area contributed by atoms with Gasteiger partial charge >= 0.3 is 0 Å². The lowest BCUT2D eigenvalue weighted by Gasteiger charge is -2.28. The van der Waals surface area contributed by atoms with Gasteiger partial charge in [0, 0.05) is 42.6 Å². The van der Waals surface area contributed by atoms with Gasteiger partial charge < -0.3 is 20.1 Å². The standard InChI is InChI=1S/C20H17N5OS.C11H23N/c26-12-25-7-4-13(5-8-25)18-10-15-16(3-6-21-20(15)24-18)23-14-1-2-17-19(9-14)27-11-22-17;1-11(2,3)10-12-8-6-4-5-7-9-12/h1-4,6,9-12H,5,7-8H2,(H2,21,23,24);4-10H2,1-3H3. The van der Waals surface area contributed by atoms with Gasteiger partial charge in [0.25, 0.3) is 0 Å². The van der Waals surface area contributed by atoms with Gasteiger partial charge in [0.1, 0.15) is 5.65 Å². The SMILES string of the molecule is CC(C)(C)CN1CCCCCC1.O=CN1CC=C(c2cc3c(Nc4ccc5ncsc5c4)ccnc3[nH]2)CC1. The molecule has 0 radical (unpaired) electrons. The first-order chi connectivity index (χ1) is 18.9. The number of hydrogen-bond donors (Lipinski definition) is 2. The van der Waals surface area contributed by atoms with Crippen LogP contribution in [-0.2, 0) is 4.79 Å². The van der Waals surface area contributed by atoms with Crippen molar-refractivity contribution in [3.05, 3.63) is 53.8 Å². The van der Waals surface area contributed by atoms with Crippen molar-refractivity contribution in [1.82, 2.24) is 24.8 Å². The number of anilines is 2. The predicted octanol–water partition coefficient (Wildman–Crippen LogP) is 7.07. The van der Waals surface area contributed by atoms with E-state index in [1.807, 2.05) is 23.7 Å². The predicted molar refractivity (Wildman–Crippen MR) is 164 cm³/mol. The molecule has 0 saturated carbocycles. The third-order valence-electron chi connectivity index (χ3n) is 7.27. The van der Waals surface area contributed by atoms with Crippen LogP contribution in [0.2, 0.25) is 0 Å². The van der Waals surface area contributed by atoms with Crippen LogP contribution >= 0.6 is 11.3 Å². The largest absolute Gasteiger partial charge is 0.355 e. The smallest absolute Gasteiger partial charge is 0.209 e. The van der Waals surface area contributed by atoms with Crippen LogP contribution in [0.3, 0.4) is 0 Å². The number of rotatable bonds is 5. The van der Waals surface area contributed by atoms with Crippen molar-refractivity contribution in [2.45, 2.75) is 52.9 Å². The lowest BCUT2D eigenvalue weighted by molar-refractivity contribution is -0.117. The number of pyridine rings is 1. The third-order valence-corrected chi connectivity index (χ3v) is 8.07. The molecule has 0 aliphatic carbocycles. The highest BCUT2D eigenvalue weighted by atomic mass is 32.1. The van der Waals surface area contributed by atoms with Gasteiger partial charge in [-0.2, -0.15) is 0 Å². The van der Waals surface area contributed by atoms with E-state index < -0.39 is 0 Å². The molecule has 4 aromatic rings. The summed E-state index contributed by atoms with van der Waals surface area (Å²) in [4.78, 5) is 27.5. The molecule has 0 unspecified atom stereocenters. The maximum Gasteiger partial charge on any atom is 0.209 e. The Morgan fingerprint density at radius 1 is 1.05 bits per heavy atom. The number of aromatic nitrogens is 3. The van der Waals surface area contributed by atoms with Crippen LogP contribution in [-0.4, -0.2) is 63.9 Å². The number of carbonyl (C=O) groups is 1. The van der Waals surface area contributed by atoms with Gasteiger partial charge in [-0.3, -0.25) is 4.79 Å². The Morgan fingerprint density at radius 3 is 2.59 bits per heavy atom. The second-order valence-corrected chi connectivity index (χ2v) is 12.7. The lowest BCUT2D eigenvalue weighted by atomic mass is 9.96. The van der Waals surface area contributed by atoms with Crippen molar-refractivity contribution < 1.29 is 4.79 Å². The van der Waals surface area contributed by atoms with Gasteiger partial charge in [-0.25, -0.2) is 9.97 Å². The second-order valence-electron chi connectivity index (χ2n) is 11.8. The Hall–Kier alpha value is -3.23. The zero-order valence-corrected chi connectivity index (χ0v) is 24.2. The Kier molecular flexibility index (Phi) is 8.63. The van der Waals surface area contributed by atoms with Gasteiger partial charge in [0.15, 0.2) is 0 Å². The van der Waals surface area contributed by atoms with Gasteiger partial charge in [-0.05, 0) is 73.7 Å². The van der Waals surface area contributed by atoms with Gasteiger partial charge in [0.05, 0.1) is 21.4 Å². The molecule has 0 atom stereocenters. The van der Waals surface area contributed by atoms with Crippen LogP contribution in [0.25, 0.3) is 26.8 Å². The van der Waals surface area contributed by atoms with Crippen molar-refractivity contribution in [3.8, 4) is 0 Å². The monoisotopic (exact) mass is 544 g/mol. The maximum absolute atomic E-state index is 10.9. The molecule has 0 bridgehead atoms. The molecule has 2 aliphatic rings. The number of nitrogens with one attached hydrogen (secondary N) is 2. The molecule has 2 N–H and O–H groups in total. The molecule has 7 nitrogen and oxygen atoms in total. The highest BCUT2D eigenvalue weighted by Crippen LogP contribution is 2.31. The Labute approximate surface area is 235 Å². The molecule has 1 amide bonds. The summed E-state index contributed by atoms with van der Waals surface area (Å²) >= 11 is 1.63. The fraction of sp³-hybridized carbons (Fsp3) is 0.452. The highest BCUT2D eigenvalue weighted by molar-refractivity contribution is 7.16. The van der Waals surface area contributed by atoms with Crippen LogP contribution in [0.1, 0.15) is 58.6 Å². The van der Waals surface area contributed by atoms with Crippen molar-refractivity contribution in [3.63, 3.8) is 0 Å². The molecular formula is C31H40N6OS. The Bertz CT molecular complexity index is 1420. The molecule has 206 valence electrons. The average molecular weight is 545 g/mol. The number of likely N-dealkylation sites (tertiary alicyclic amines) is 1. The first-order valence-corrected chi connectivity index (χ1v) is 14.9. The first-order valence-electron chi connectivity index (χ1n) is 14.1. The zero-order chi connectivity index (χ0) is 27.2. The molecular weight excluding hydrogens is 504 g/mol. The van der Waals surface area contributed by atoms with Gasteiger partial charge in [0.2, 0.25) is 6.41 Å². The molecule has 2 aliphatic heterocycles. The van der Waals surface area contributed by atoms with E-state index in [2.05, 4.69) is 64.1 Å². The number of aromatic amines is 1. The molecule has 1 saturated heterocycles. The van der Waals surface area contributed by atoms with E-state index >= 15 is 0 Å². The molecule has 0 spiro atoms. The number of hydrogen-bond acceptors (Lipinski definition) is 6. The quantitative estimate of drug-likeness (QED) is 0.263. The van der Waals surface area contributed by atoms with Crippen LogP contribution in [0.15, 0.2) is 48.1 Å². The summed E-state index contributed by atoms with van der Waals surface area (Å²) in [5.41, 5.74) is 8.54. The van der Waals surface area contributed by atoms with Crippen LogP contribution in [0, 0.1) is 5.41 Å². The summed E-state index contributed by atoms with van der Waals surface area (Å²) in [6.07, 6.45) is 11.4. The minimum absolute atomic E-state index is 0.477. The van der Waals surface area contributed by atoms with E-state index in [4.69, 9.17) is 0 Å². The summed E-state index contributed by atoms with van der Waals surface area (Å²) in [5, 5.41) is 4.56. The molecule has 1 aromatic carbocycles. The number of nitrogens with zero attached hydrogens (tertiary/aromatic N) is 4. The molecule has 3 aromatic heterocycles. The topological polar surface area (TPSA) is 77.2 Å². The van der Waals surface area contributed by atoms with Crippen molar-refractivity contribution in [1.29, 1.82) is 0 Å². The van der Waals surface area contributed by atoms with Gasteiger partial charge in [-0.15, -0.1) is 11.3 Å². The average Bonchev–Trinajstić information content (AvgIpc) is 3.50. The zero-order valence-electron chi connectivity index (χ0n) is 23.4. The van der Waals surface area contributed by atoms with E-state index in [9.17, 15) is 4.79 Å². The van der Waals surface area contributed by atoms with E-state index in [1.165, 1.54) is 50.9 Å². The first kappa shape index (κ1) is 27.3. The fourth-order valence-corrected chi connectivity index (χ4v) is 6.10. The molecule has 8 heteroatoms. The van der Waals surface area contributed by atoms with Crippen molar-refractivity contribution in [2.24, 2.45) is 5.41 Å². The van der Waals surface area contributed by atoms with Crippen LogP contribution in [0.4, 0.5) is 11.4 Å². The highest BCUT2D eigenvalue weighted by Gasteiger charge is 2.17. The molecule has 5 heterocycles. The lowest BCUT2D eigenvalue weighted by Crippen LogP contribution is -2.33. The summed E-state index contributed by atoms with van der Waals surface area (Å²) in [5.74, 6) is 0. The summed E-state index contributed by atoms with van der Waals surface area (Å²) in [6.45, 7) is 12.3. The summed E-state index contributed by atoms with van der Waals surface area (Å²) in [6, 6.07) is 10.3. The van der Waals surface area contributed by atoms with E-state index in [-0.39, 0.29) is 0 Å².